The predicted molar refractivity (Wildman–Crippen MR) is 66.2 cm³/mol. The van der Waals surface area contributed by atoms with Crippen molar-refractivity contribution in [1.29, 1.82) is 0 Å². The molecule has 0 aromatic carbocycles. The monoisotopic (exact) mass is 586 g/mol. The highest BCUT2D eigenvalue weighted by Gasteiger charge is 2.73. The molecule has 0 aromatic heterocycles. The third kappa shape index (κ3) is 2.95. The Labute approximate surface area is 123 Å². The molecule has 0 radical (unpaired) electrons. The third-order valence-corrected chi connectivity index (χ3v) is 7.42. The summed E-state index contributed by atoms with van der Waals surface area (Å²) in [6.07, 6.45) is 0. The first-order valence-electron chi connectivity index (χ1n) is 2.64. The number of hydrogen-bond acceptors (Lipinski definition) is 0. The summed E-state index contributed by atoms with van der Waals surface area (Å²) in [6, 6.07) is 0. The third-order valence-electron chi connectivity index (χ3n) is 1.11. The van der Waals surface area contributed by atoms with Crippen molar-refractivity contribution in [3.8, 4) is 0 Å². The Bertz CT molecular complexity index is 195. The van der Waals surface area contributed by atoms with Crippen molar-refractivity contribution in [2.24, 2.45) is 0 Å². The molecular formula is C4Br4F5I. The lowest BCUT2D eigenvalue weighted by molar-refractivity contribution is -0.0603. The molecule has 0 aliphatic heterocycles. The van der Waals surface area contributed by atoms with Crippen LogP contribution in [-0.2, 0) is 0 Å². The van der Waals surface area contributed by atoms with Crippen molar-refractivity contribution >= 4 is 86.3 Å². The van der Waals surface area contributed by atoms with Crippen molar-refractivity contribution in [2.45, 2.75) is 16.6 Å². The Balaban J connectivity index is 5.30. The molecule has 0 amide bonds. The van der Waals surface area contributed by atoms with Gasteiger partial charge in [0.2, 0.25) is 0 Å². The molecule has 0 aromatic rings. The van der Waals surface area contributed by atoms with Crippen molar-refractivity contribution < 1.29 is 22.0 Å². The van der Waals surface area contributed by atoms with E-state index in [1.54, 1.807) is 31.9 Å². The van der Waals surface area contributed by atoms with Crippen LogP contribution in [0.5, 0.6) is 0 Å². The molecule has 10 heteroatoms. The zero-order chi connectivity index (χ0) is 12.0. The van der Waals surface area contributed by atoms with Crippen LogP contribution in [0.15, 0.2) is 0 Å². The van der Waals surface area contributed by atoms with E-state index >= 15 is 0 Å². The summed E-state index contributed by atoms with van der Waals surface area (Å²) < 4.78 is 54.2. The second-order valence-electron chi connectivity index (χ2n) is 2.14. The Morgan fingerprint density at radius 2 is 1.00 bits per heavy atom. The van der Waals surface area contributed by atoms with Crippen LogP contribution in [-0.4, -0.2) is 16.6 Å². The number of hydrogen-bond donors (Lipinski definition) is 0. The second-order valence-corrected chi connectivity index (χ2v) is 9.39. The smallest absolute Gasteiger partial charge is 0.221 e. The first-order valence-corrected chi connectivity index (χ1v) is 6.89. The largest absolute Gasteiger partial charge is 0.348 e. The quantitative estimate of drug-likeness (QED) is 0.230. The molecule has 0 saturated heterocycles. The van der Waals surface area contributed by atoms with Crippen LogP contribution in [0.25, 0.3) is 0 Å². The Kier molecular flexibility index (Phi) is 5.27. The fraction of sp³-hybridized carbons (Fsp3) is 1.00. The van der Waals surface area contributed by atoms with E-state index in [0.29, 0.717) is 0 Å². The molecule has 0 rings (SSSR count). The molecule has 0 aliphatic rings. The second kappa shape index (κ2) is 4.52. The molecule has 0 saturated carbocycles. The summed E-state index contributed by atoms with van der Waals surface area (Å²) in [7, 11) is 0. The Morgan fingerprint density at radius 1 is 0.714 bits per heavy atom. The van der Waals surface area contributed by atoms with E-state index in [0.717, 1.165) is 22.6 Å². The molecule has 86 valence electrons. The van der Waals surface area contributed by atoms with Gasteiger partial charge in [-0.05, 0) is 86.3 Å². The molecule has 0 nitrogen and oxygen atoms in total. The zero-order valence-electron chi connectivity index (χ0n) is 5.78. The summed E-state index contributed by atoms with van der Waals surface area (Å²) in [5, 5.41) is 0. The average molecular weight is 590 g/mol. The van der Waals surface area contributed by atoms with Gasteiger partial charge in [-0.3, -0.25) is 0 Å². The van der Waals surface area contributed by atoms with Gasteiger partial charge in [0, 0.05) is 0 Å². The van der Waals surface area contributed by atoms with E-state index in [1.165, 1.54) is 0 Å². The predicted octanol–water partition coefficient (Wildman–Crippen LogP) is 5.55. The van der Waals surface area contributed by atoms with Gasteiger partial charge in [0.15, 0.2) is 0 Å². The highest BCUT2D eigenvalue weighted by molar-refractivity contribution is 14.1. The molecule has 3 atom stereocenters. The summed E-state index contributed by atoms with van der Waals surface area (Å²) in [6.45, 7) is 0. The minimum Gasteiger partial charge on any atom is -0.221 e. The maximum absolute atomic E-state index is 13.4. The lowest BCUT2D eigenvalue weighted by Crippen LogP contribution is -2.55. The van der Waals surface area contributed by atoms with Crippen molar-refractivity contribution in [2.75, 3.05) is 0 Å². The van der Waals surface area contributed by atoms with Crippen LogP contribution >= 0.6 is 86.3 Å². The van der Waals surface area contributed by atoms with Gasteiger partial charge in [0.05, 0.1) is 0 Å². The molecule has 0 N–H and O–H groups in total. The number of halogens is 10. The van der Waals surface area contributed by atoms with Crippen LogP contribution in [0.3, 0.4) is 0 Å². The maximum Gasteiger partial charge on any atom is 0.348 e. The molecule has 14 heavy (non-hydrogen) atoms. The summed E-state index contributed by atoms with van der Waals surface area (Å²) in [5.41, 5.74) is 0. The van der Waals surface area contributed by atoms with Crippen LogP contribution in [0.2, 0.25) is 0 Å². The molecule has 0 aliphatic carbocycles. The molecule has 0 bridgehead atoms. The van der Waals surface area contributed by atoms with Gasteiger partial charge in [-0.15, -0.1) is 0 Å². The van der Waals surface area contributed by atoms with Gasteiger partial charge in [0.1, 0.15) is 0 Å². The normalized spacial score (nSPS) is 26.1. The number of rotatable bonds is 3. The van der Waals surface area contributed by atoms with E-state index < -0.39 is 16.6 Å². The van der Waals surface area contributed by atoms with Gasteiger partial charge in [-0.25, -0.2) is 13.2 Å². The van der Waals surface area contributed by atoms with Crippen LogP contribution in [0.4, 0.5) is 22.0 Å². The van der Waals surface area contributed by atoms with Gasteiger partial charge >= 0.3 is 4.83 Å². The number of alkyl halides is 10. The highest BCUT2D eigenvalue weighted by Crippen LogP contribution is 2.62. The molecule has 3 unspecified atom stereocenters. The topological polar surface area (TPSA) is 0 Å². The van der Waals surface area contributed by atoms with Crippen molar-refractivity contribution in [3.05, 3.63) is 0 Å². The molecule has 0 fully saturated rings. The average Bonchev–Trinajstić information content (AvgIpc) is 1.81. The fourth-order valence-corrected chi connectivity index (χ4v) is 2.70. The van der Waals surface area contributed by atoms with E-state index in [4.69, 9.17) is 0 Å². The lowest BCUT2D eigenvalue weighted by atomic mass is 10.2. The minimum absolute atomic E-state index is 0.789. The van der Waals surface area contributed by atoms with Gasteiger partial charge in [-0.2, -0.15) is 8.78 Å². The summed E-state index contributed by atoms with van der Waals surface area (Å²) in [5.74, 6) is 0. The maximum atomic E-state index is 13.4. The van der Waals surface area contributed by atoms with Crippen molar-refractivity contribution in [3.63, 3.8) is 0 Å². The first-order chi connectivity index (χ1) is 5.75. The van der Waals surface area contributed by atoms with E-state index in [2.05, 4.69) is 15.9 Å². The molecule has 0 spiro atoms. The zero-order valence-corrected chi connectivity index (χ0v) is 14.3. The van der Waals surface area contributed by atoms with Gasteiger partial charge in [-0.1, -0.05) is 0 Å². The van der Waals surface area contributed by atoms with Crippen LogP contribution < -0.4 is 0 Å². The fourth-order valence-electron chi connectivity index (χ4n) is 0.356. The Hall–Kier alpha value is 2.30. The van der Waals surface area contributed by atoms with Crippen LogP contribution in [0.1, 0.15) is 0 Å². The SMILES string of the molecule is FC(F)(Br)C(F)(Br)C(F)(Br)C(F)(Br)I. The summed E-state index contributed by atoms with van der Waals surface area (Å²) in [4.78, 5) is -4.30. The van der Waals surface area contributed by atoms with Gasteiger partial charge < -0.3 is 0 Å². The molecular weight excluding hydrogens is 590 g/mol. The highest BCUT2D eigenvalue weighted by atomic mass is 127. The Morgan fingerprint density at radius 3 is 1.07 bits per heavy atom. The van der Waals surface area contributed by atoms with E-state index in [-0.39, 0.29) is 0 Å². The van der Waals surface area contributed by atoms with E-state index in [9.17, 15) is 22.0 Å². The lowest BCUT2D eigenvalue weighted by Gasteiger charge is -2.36. The first kappa shape index (κ1) is 16.3. The molecule has 0 heterocycles. The minimum atomic E-state index is -4.30. The van der Waals surface area contributed by atoms with Crippen molar-refractivity contribution in [1.82, 2.24) is 0 Å². The summed E-state index contributed by atoms with van der Waals surface area (Å²) >= 11 is 8.23. The van der Waals surface area contributed by atoms with E-state index in [1.807, 2.05) is 15.9 Å². The van der Waals surface area contributed by atoms with Crippen LogP contribution in [0, 0.1) is 0 Å². The standard InChI is InChI=1S/C4Br4F5I/c5-1(9,3(7,11)12)2(6,10)4(8,13)14. The van der Waals surface area contributed by atoms with Gasteiger partial charge in [0.25, 0.3) is 11.7 Å².